The van der Waals surface area contributed by atoms with Gasteiger partial charge in [0.05, 0.1) is 24.9 Å². The lowest BCUT2D eigenvalue weighted by Gasteiger charge is -2.61. The van der Waals surface area contributed by atoms with Gasteiger partial charge in [0.2, 0.25) is 0 Å². The highest BCUT2D eigenvalue weighted by atomic mass is 16.7. The Labute approximate surface area is 188 Å². The Hall–Kier alpha value is -0.160. The minimum atomic E-state index is -0.537. The Balaban J connectivity index is 1.26. The van der Waals surface area contributed by atoms with Crippen molar-refractivity contribution >= 4 is 0 Å². The molecule has 4 nitrogen and oxygen atoms in total. The molecular formula is C27H44O4. The number of aliphatic hydroxyl groups excluding tert-OH is 2. The maximum Gasteiger partial charge on any atom is 0.171 e. The lowest BCUT2D eigenvalue weighted by molar-refractivity contribution is -0.273. The summed E-state index contributed by atoms with van der Waals surface area (Å²) in [4.78, 5) is 0. The minimum Gasteiger partial charge on any atom is -0.390 e. The molecule has 0 radical (unpaired) electrons. The molecule has 0 amide bonds. The van der Waals surface area contributed by atoms with Gasteiger partial charge < -0.3 is 19.7 Å². The van der Waals surface area contributed by atoms with E-state index in [1.165, 1.54) is 38.5 Å². The third-order valence-corrected chi connectivity index (χ3v) is 12.0. The van der Waals surface area contributed by atoms with Gasteiger partial charge in [-0.15, -0.1) is 0 Å². The van der Waals surface area contributed by atoms with Crippen LogP contribution >= 0.6 is 0 Å². The zero-order valence-corrected chi connectivity index (χ0v) is 20.1. The van der Waals surface area contributed by atoms with Crippen molar-refractivity contribution in [3.05, 3.63) is 0 Å². The molecule has 2 saturated heterocycles. The average Bonchev–Trinajstić information content (AvgIpc) is 3.16. The first-order valence-electron chi connectivity index (χ1n) is 13.4. The van der Waals surface area contributed by atoms with Crippen LogP contribution in [0.1, 0.15) is 85.5 Å². The van der Waals surface area contributed by atoms with Gasteiger partial charge in [-0.05, 0) is 97.7 Å². The molecule has 0 aromatic carbocycles. The summed E-state index contributed by atoms with van der Waals surface area (Å²) in [5.41, 5.74) is 0.550. The van der Waals surface area contributed by atoms with Crippen LogP contribution in [-0.2, 0) is 9.47 Å². The monoisotopic (exact) mass is 432 g/mol. The standard InChI is InChI=1S/C27H44O4/c1-15-7-10-27(30-14-15)16(2)24-23(31-27)12-20-18-6-5-17-11-21(28)22(29)13-26(17,4)19(18)8-9-25(20,24)3/h15-24,28-29H,5-14H2,1-4H3/t15-,16-,17+,18+,19-,20+,21+,22-,23-,24-,25-,26-,27+/m0/s1. The van der Waals surface area contributed by atoms with Gasteiger partial charge in [0.25, 0.3) is 0 Å². The summed E-state index contributed by atoms with van der Waals surface area (Å²) >= 11 is 0. The van der Waals surface area contributed by atoms with E-state index in [-0.39, 0.29) is 11.2 Å². The zero-order chi connectivity index (χ0) is 21.8. The Morgan fingerprint density at radius 2 is 1.65 bits per heavy atom. The first-order chi connectivity index (χ1) is 14.7. The second-order valence-electron chi connectivity index (χ2n) is 13.2. The molecule has 2 aliphatic heterocycles. The molecule has 176 valence electrons. The fourth-order valence-corrected chi connectivity index (χ4v) is 10.3. The van der Waals surface area contributed by atoms with E-state index in [1.807, 2.05) is 0 Å². The number of aliphatic hydroxyl groups is 2. The van der Waals surface area contributed by atoms with Gasteiger partial charge in [0.1, 0.15) is 0 Å². The number of fused-ring (bicyclic) bond motifs is 7. The highest BCUT2D eigenvalue weighted by Gasteiger charge is 2.69. The molecule has 2 heterocycles. The van der Waals surface area contributed by atoms with E-state index < -0.39 is 12.2 Å². The van der Waals surface area contributed by atoms with E-state index in [0.29, 0.717) is 41.1 Å². The lowest BCUT2D eigenvalue weighted by atomic mass is 9.44. The Morgan fingerprint density at radius 1 is 0.839 bits per heavy atom. The van der Waals surface area contributed by atoms with Gasteiger partial charge in [0.15, 0.2) is 5.79 Å². The smallest absolute Gasteiger partial charge is 0.171 e. The normalized spacial score (nSPS) is 63.3. The molecule has 4 saturated carbocycles. The molecular weight excluding hydrogens is 388 g/mol. The highest BCUT2D eigenvalue weighted by Crippen LogP contribution is 2.71. The summed E-state index contributed by atoms with van der Waals surface area (Å²) in [6.45, 7) is 10.6. The van der Waals surface area contributed by atoms with Crippen molar-refractivity contribution in [3.8, 4) is 0 Å². The predicted molar refractivity (Wildman–Crippen MR) is 119 cm³/mol. The Morgan fingerprint density at radius 3 is 2.39 bits per heavy atom. The zero-order valence-electron chi connectivity index (χ0n) is 20.1. The number of ether oxygens (including phenoxy) is 2. The molecule has 0 aromatic heterocycles. The van der Waals surface area contributed by atoms with E-state index in [9.17, 15) is 10.2 Å². The molecule has 13 atom stereocenters. The number of hydrogen-bond donors (Lipinski definition) is 2. The fraction of sp³-hybridized carbons (Fsp3) is 1.00. The van der Waals surface area contributed by atoms with Gasteiger partial charge in [-0.1, -0.05) is 27.7 Å². The highest BCUT2D eigenvalue weighted by molar-refractivity contribution is 5.15. The van der Waals surface area contributed by atoms with E-state index in [1.54, 1.807) is 0 Å². The average molecular weight is 433 g/mol. The summed E-state index contributed by atoms with van der Waals surface area (Å²) in [5.74, 6) is 4.21. The summed E-state index contributed by atoms with van der Waals surface area (Å²) in [6.07, 6.45) is 9.51. The quantitative estimate of drug-likeness (QED) is 0.579. The second kappa shape index (κ2) is 6.93. The molecule has 6 rings (SSSR count). The van der Waals surface area contributed by atoms with Crippen LogP contribution in [0.3, 0.4) is 0 Å². The molecule has 0 unspecified atom stereocenters. The van der Waals surface area contributed by atoms with E-state index in [2.05, 4.69) is 27.7 Å². The predicted octanol–water partition coefficient (Wildman–Crippen LogP) is 4.76. The van der Waals surface area contributed by atoms with Crippen molar-refractivity contribution in [2.45, 2.75) is 110 Å². The topological polar surface area (TPSA) is 58.9 Å². The van der Waals surface area contributed by atoms with Gasteiger partial charge in [0, 0.05) is 12.3 Å². The van der Waals surface area contributed by atoms with Crippen LogP contribution in [0.4, 0.5) is 0 Å². The van der Waals surface area contributed by atoms with Crippen LogP contribution in [-0.4, -0.2) is 40.9 Å². The number of hydrogen-bond acceptors (Lipinski definition) is 4. The molecule has 1 spiro atoms. The van der Waals surface area contributed by atoms with E-state index in [4.69, 9.17) is 9.47 Å². The first kappa shape index (κ1) is 21.4. The van der Waals surface area contributed by atoms with Crippen LogP contribution < -0.4 is 0 Å². The Kier molecular flexibility index (Phi) is 4.78. The van der Waals surface area contributed by atoms with Crippen LogP contribution in [0.25, 0.3) is 0 Å². The minimum absolute atomic E-state index is 0.191. The van der Waals surface area contributed by atoms with Crippen LogP contribution in [0.2, 0.25) is 0 Å². The molecule has 0 bridgehead atoms. The third-order valence-electron chi connectivity index (χ3n) is 12.0. The molecule has 4 heteroatoms. The maximum atomic E-state index is 10.6. The van der Waals surface area contributed by atoms with Gasteiger partial charge in [-0.2, -0.15) is 0 Å². The molecule has 0 aromatic rings. The first-order valence-corrected chi connectivity index (χ1v) is 13.4. The fourth-order valence-electron chi connectivity index (χ4n) is 10.3. The SMILES string of the molecule is C[C@H]1CC[C@@]2(OC1)O[C@H]1C[C@@H]3[C@@H]4CC[C@@H]5C[C@@H](O)[C@@H](O)C[C@]5(C)[C@H]4CC[C@]3(C)[C@H]1[C@@H]2C. The molecule has 31 heavy (non-hydrogen) atoms. The number of rotatable bonds is 0. The largest absolute Gasteiger partial charge is 0.390 e. The van der Waals surface area contributed by atoms with Crippen molar-refractivity contribution < 1.29 is 19.7 Å². The second-order valence-corrected chi connectivity index (χ2v) is 13.2. The van der Waals surface area contributed by atoms with Crippen molar-refractivity contribution in [1.29, 1.82) is 0 Å². The summed E-state index contributed by atoms with van der Waals surface area (Å²) in [7, 11) is 0. The van der Waals surface area contributed by atoms with Crippen molar-refractivity contribution in [2.75, 3.05) is 6.61 Å². The summed E-state index contributed by atoms with van der Waals surface area (Å²) in [6, 6.07) is 0. The molecule has 6 aliphatic rings. The van der Waals surface area contributed by atoms with Gasteiger partial charge in [-0.25, -0.2) is 0 Å². The summed E-state index contributed by atoms with van der Waals surface area (Å²) < 4.78 is 13.3. The third kappa shape index (κ3) is 2.80. The lowest BCUT2D eigenvalue weighted by Crippen LogP contribution is -2.57. The van der Waals surface area contributed by atoms with Crippen LogP contribution in [0, 0.1) is 52.3 Å². The van der Waals surface area contributed by atoms with Gasteiger partial charge in [-0.3, -0.25) is 0 Å². The molecule has 4 aliphatic carbocycles. The van der Waals surface area contributed by atoms with Crippen molar-refractivity contribution in [3.63, 3.8) is 0 Å². The van der Waals surface area contributed by atoms with E-state index in [0.717, 1.165) is 37.7 Å². The van der Waals surface area contributed by atoms with Gasteiger partial charge >= 0.3 is 0 Å². The van der Waals surface area contributed by atoms with Crippen molar-refractivity contribution in [2.24, 2.45) is 52.3 Å². The molecule has 2 N–H and O–H groups in total. The molecule has 6 fully saturated rings. The Bertz CT molecular complexity index is 716. The summed E-state index contributed by atoms with van der Waals surface area (Å²) in [5, 5.41) is 20.9. The van der Waals surface area contributed by atoms with E-state index >= 15 is 0 Å². The van der Waals surface area contributed by atoms with Crippen molar-refractivity contribution in [1.82, 2.24) is 0 Å². The maximum absolute atomic E-state index is 10.6. The van der Waals surface area contributed by atoms with Crippen LogP contribution in [0.15, 0.2) is 0 Å². The van der Waals surface area contributed by atoms with Crippen LogP contribution in [0.5, 0.6) is 0 Å².